The molecule has 0 spiro atoms. The van der Waals surface area contributed by atoms with Crippen LogP contribution in [0.2, 0.25) is 0 Å². The van der Waals surface area contributed by atoms with Crippen molar-refractivity contribution in [3.63, 3.8) is 0 Å². The van der Waals surface area contributed by atoms with Crippen molar-refractivity contribution < 1.29 is 9.90 Å². The molecule has 2 heterocycles. The molecule has 2 aromatic heterocycles. The van der Waals surface area contributed by atoms with Crippen molar-refractivity contribution in [2.75, 3.05) is 12.3 Å². The minimum absolute atomic E-state index is 0.202. The molecule has 0 saturated carbocycles. The number of anilines is 1. The Morgan fingerprint density at radius 2 is 2.00 bits per heavy atom. The van der Waals surface area contributed by atoms with Crippen molar-refractivity contribution in [2.24, 2.45) is 5.73 Å². The van der Waals surface area contributed by atoms with Gasteiger partial charge in [-0.3, -0.25) is 9.59 Å². The zero-order valence-corrected chi connectivity index (χ0v) is 17.0. The van der Waals surface area contributed by atoms with Crippen molar-refractivity contribution in [3.8, 4) is 11.3 Å². The smallest absolute Gasteiger partial charge is 0.300 e. The summed E-state index contributed by atoms with van der Waals surface area (Å²) in [7, 11) is 0. The molecule has 0 aliphatic heterocycles. The van der Waals surface area contributed by atoms with Crippen LogP contribution in [0.3, 0.4) is 0 Å². The van der Waals surface area contributed by atoms with E-state index in [9.17, 15) is 4.79 Å². The van der Waals surface area contributed by atoms with E-state index in [1.54, 1.807) is 0 Å². The molecule has 0 saturated heterocycles. The first kappa shape index (κ1) is 21.1. The Balaban J connectivity index is 0.000000589. The quantitative estimate of drug-likeness (QED) is 0.384. The fourth-order valence-corrected chi connectivity index (χ4v) is 3.38. The number of nitrogens with zero attached hydrogens (tertiary/aromatic N) is 2. The van der Waals surface area contributed by atoms with E-state index in [0.29, 0.717) is 17.9 Å². The molecule has 4 rings (SSSR count). The number of fused-ring (bicyclic) bond motifs is 2. The standard InChI is InChI=1S/C20H21N5O.C2H4O2/c1-12-4-2-5-16-18(12)24-20(26)19(23-16)15-11-25(9-3-8-21)17-7-6-13(22)10-14(15)17;1-2(3)4/h2,4-7,10-11H,3,8-9,21-22H2,1H3,(H,24,26);1H3,(H,3,4). The van der Waals surface area contributed by atoms with Gasteiger partial charge in [-0.25, -0.2) is 4.98 Å². The number of H-pyrrole nitrogens is 1. The van der Waals surface area contributed by atoms with Crippen LogP contribution in [0.25, 0.3) is 33.2 Å². The van der Waals surface area contributed by atoms with Crippen molar-refractivity contribution in [3.05, 3.63) is 58.5 Å². The Hall–Kier alpha value is -3.65. The fourth-order valence-electron chi connectivity index (χ4n) is 3.38. The maximum absolute atomic E-state index is 12.8. The lowest BCUT2D eigenvalue weighted by Gasteiger charge is -2.04. The van der Waals surface area contributed by atoms with E-state index in [4.69, 9.17) is 21.4 Å². The Labute approximate surface area is 173 Å². The number of nitrogen functional groups attached to an aromatic ring is 1. The number of carboxylic acids is 1. The lowest BCUT2D eigenvalue weighted by Crippen LogP contribution is -2.12. The van der Waals surface area contributed by atoms with Crippen LogP contribution in [0.5, 0.6) is 0 Å². The zero-order chi connectivity index (χ0) is 21.8. The summed E-state index contributed by atoms with van der Waals surface area (Å²) < 4.78 is 2.11. The summed E-state index contributed by atoms with van der Waals surface area (Å²) in [4.78, 5) is 29.4. The summed E-state index contributed by atoms with van der Waals surface area (Å²) in [5.74, 6) is -0.833. The van der Waals surface area contributed by atoms with Gasteiger partial charge in [-0.2, -0.15) is 0 Å². The Kier molecular flexibility index (Phi) is 6.17. The molecule has 0 atom stereocenters. The molecule has 6 N–H and O–H groups in total. The lowest BCUT2D eigenvalue weighted by molar-refractivity contribution is -0.134. The van der Waals surface area contributed by atoms with Crippen molar-refractivity contribution in [1.29, 1.82) is 0 Å². The van der Waals surface area contributed by atoms with Gasteiger partial charge in [0.1, 0.15) is 5.69 Å². The molecule has 0 fully saturated rings. The van der Waals surface area contributed by atoms with Gasteiger partial charge in [0.25, 0.3) is 11.5 Å². The van der Waals surface area contributed by atoms with Gasteiger partial charge in [0.05, 0.1) is 11.0 Å². The predicted octanol–water partition coefficient (Wildman–Crippen LogP) is 2.88. The minimum atomic E-state index is -0.833. The van der Waals surface area contributed by atoms with E-state index in [1.807, 2.05) is 49.5 Å². The van der Waals surface area contributed by atoms with Crippen molar-refractivity contribution in [1.82, 2.24) is 14.5 Å². The number of aliphatic carboxylic acids is 1. The molecule has 0 radical (unpaired) electrons. The molecule has 8 nitrogen and oxygen atoms in total. The van der Waals surface area contributed by atoms with Crippen LogP contribution in [-0.4, -0.2) is 32.2 Å². The molecular weight excluding hydrogens is 382 g/mol. The maximum Gasteiger partial charge on any atom is 0.300 e. The monoisotopic (exact) mass is 407 g/mol. The second kappa shape index (κ2) is 8.79. The molecule has 2 aromatic carbocycles. The Morgan fingerprint density at radius 3 is 2.70 bits per heavy atom. The first-order valence-corrected chi connectivity index (χ1v) is 9.59. The molecule has 30 heavy (non-hydrogen) atoms. The number of para-hydroxylation sites is 1. The summed E-state index contributed by atoms with van der Waals surface area (Å²) in [5.41, 5.74) is 16.9. The van der Waals surface area contributed by atoms with E-state index in [0.717, 1.165) is 53.0 Å². The van der Waals surface area contributed by atoms with Gasteiger partial charge in [-0.15, -0.1) is 0 Å². The number of nitrogens with one attached hydrogen (secondary N) is 1. The van der Waals surface area contributed by atoms with Gasteiger partial charge in [-0.1, -0.05) is 12.1 Å². The Morgan fingerprint density at radius 1 is 1.27 bits per heavy atom. The molecule has 0 aliphatic rings. The van der Waals surface area contributed by atoms with Crippen LogP contribution in [0.1, 0.15) is 18.9 Å². The largest absolute Gasteiger partial charge is 0.481 e. The lowest BCUT2D eigenvalue weighted by atomic mass is 10.1. The number of aromatic amines is 1. The number of carbonyl (C=O) groups is 1. The SMILES string of the molecule is CC(=O)O.Cc1cccc2nc(-c3cn(CCCN)c4ccc(N)cc34)c(=O)[nH]c12. The Bertz CT molecular complexity index is 1270. The number of nitrogens with two attached hydrogens (primary N) is 2. The topological polar surface area (TPSA) is 140 Å². The highest BCUT2D eigenvalue weighted by atomic mass is 16.4. The first-order valence-electron chi connectivity index (χ1n) is 9.59. The van der Waals surface area contributed by atoms with Crippen LogP contribution in [0.15, 0.2) is 47.4 Å². The summed E-state index contributed by atoms with van der Waals surface area (Å²) >= 11 is 0. The van der Waals surface area contributed by atoms with Crippen molar-refractivity contribution in [2.45, 2.75) is 26.8 Å². The number of benzene rings is 2. The normalized spacial score (nSPS) is 10.8. The van der Waals surface area contributed by atoms with Gasteiger partial charge in [0.2, 0.25) is 0 Å². The van der Waals surface area contributed by atoms with Crippen LogP contribution in [0, 0.1) is 6.92 Å². The number of rotatable bonds is 4. The summed E-state index contributed by atoms with van der Waals surface area (Å²) in [6.45, 7) is 4.43. The second-order valence-corrected chi connectivity index (χ2v) is 7.06. The van der Waals surface area contributed by atoms with Gasteiger partial charge in [0.15, 0.2) is 0 Å². The highest BCUT2D eigenvalue weighted by molar-refractivity contribution is 5.97. The number of aryl methyl sites for hydroxylation is 2. The van der Waals surface area contributed by atoms with Gasteiger partial charge in [0, 0.05) is 41.8 Å². The molecule has 0 bridgehead atoms. The zero-order valence-electron chi connectivity index (χ0n) is 17.0. The highest BCUT2D eigenvalue weighted by Gasteiger charge is 2.16. The molecule has 8 heteroatoms. The van der Waals surface area contributed by atoms with Crippen molar-refractivity contribution >= 4 is 33.6 Å². The molecule has 4 aromatic rings. The molecular formula is C22H25N5O3. The van der Waals surface area contributed by atoms with Gasteiger partial charge < -0.3 is 26.1 Å². The fraction of sp³-hybridized carbons (Fsp3) is 0.227. The van der Waals surface area contributed by atoms with Crippen LogP contribution < -0.4 is 17.0 Å². The minimum Gasteiger partial charge on any atom is -0.481 e. The molecule has 156 valence electrons. The number of hydrogen-bond acceptors (Lipinski definition) is 5. The van der Waals surface area contributed by atoms with Crippen LogP contribution in [-0.2, 0) is 11.3 Å². The average molecular weight is 407 g/mol. The average Bonchev–Trinajstić information content (AvgIpc) is 3.03. The van der Waals surface area contributed by atoms with Crippen LogP contribution >= 0.6 is 0 Å². The van der Waals surface area contributed by atoms with Gasteiger partial charge >= 0.3 is 0 Å². The molecule has 0 unspecified atom stereocenters. The third kappa shape index (κ3) is 4.33. The first-order chi connectivity index (χ1) is 14.3. The number of hydrogen-bond donors (Lipinski definition) is 4. The molecule has 0 aliphatic carbocycles. The summed E-state index contributed by atoms with van der Waals surface area (Å²) in [6, 6.07) is 11.5. The van der Waals surface area contributed by atoms with E-state index < -0.39 is 5.97 Å². The summed E-state index contributed by atoms with van der Waals surface area (Å²) in [5, 5.41) is 8.34. The number of carboxylic acid groups (broad SMARTS) is 1. The highest BCUT2D eigenvalue weighted by Crippen LogP contribution is 2.30. The maximum atomic E-state index is 12.8. The third-order valence-corrected chi connectivity index (χ3v) is 4.70. The second-order valence-electron chi connectivity index (χ2n) is 7.06. The number of aromatic nitrogens is 3. The van der Waals surface area contributed by atoms with E-state index in [2.05, 4.69) is 14.5 Å². The molecule has 0 amide bonds. The van der Waals surface area contributed by atoms with Gasteiger partial charge in [-0.05, 0) is 49.7 Å². The van der Waals surface area contributed by atoms with E-state index in [1.165, 1.54) is 0 Å². The van der Waals surface area contributed by atoms with E-state index >= 15 is 0 Å². The van der Waals surface area contributed by atoms with Crippen LogP contribution in [0.4, 0.5) is 5.69 Å². The summed E-state index contributed by atoms with van der Waals surface area (Å²) in [6.07, 6.45) is 2.83. The third-order valence-electron chi connectivity index (χ3n) is 4.70. The predicted molar refractivity (Wildman–Crippen MR) is 119 cm³/mol. The van der Waals surface area contributed by atoms with E-state index in [-0.39, 0.29) is 5.56 Å².